The normalized spacial score (nSPS) is 20.7. The molecular weight excluding hydrogens is 262 g/mol. The van der Waals surface area contributed by atoms with Gasteiger partial charge in [0.05, 0.1) is 11.3 Å². The fourth-order valence-electron chi connectivity index (χ4n) is 3.89. The Bertz CT molecular complexity index is 499. The van der Waals surface area contributed by atoms with Crippen molar-refractivity contribution < 1.29 is 4.79 Å². The van der Waals surface area contributed by atoms with Gasteiger partial charge in [-0.1, -0.05) is 12.8 Å². The zero-order valence-electron chi connectivity index (χ0n) is 12.9. The van der Waals surface area contributed by atoms with E-state index in [4.69, 9.17) is 0 Å². The summed E-state index contributed by atoms with van der Waals surface area (Å²) in [6.45, 7) is 4.66. The summed E-state index contributed by atoms with van der Waals surface area (Å²) < 4.78 is 0. The molecule has 2 fully saturated rings. The molecule has 1 aliphatic heterocycles. The van der Waals surface area contributed by atoms with Crippen molar-refractivity contribution in [2.45, 2.75) is 45.4 Å². The van der Waals surface area contributed by atoms with E-state index in [-0.39, 0.29) is 5.91 Å². The van der Waals surface area contributed by atoms with Crippen LogP contribution in [-0.2, 0) is 0 Å². The van der Waals surface area contributed by atoms with Gasteiger partial charge in [-0.15, -0.1) is 0 Å². The van der Waals surface area contributed by atoms with Crippen LogP contribution in [0.1, 0.15) is 55.8 Å². The van der Waals surface area contributed by atoms with Gasteiger partial charge in [-0.25, -0.2) is 0 Å². The van der Waals surface area contributed by atoms with Crippen LogP contribution < -0.4 is 5.32 Å². The van der Waals surface area contributed by atoms with Crippen LogP contribution in [0.2, 0.25) is 0 Å². The topological polar surface area (TPSA) is 45.2 Å². The molecule has 1 aliphatic carbocycles. The number of carbonyl (C=O) groups excluding carboxylic acids is 1. The summed E-state index contributed by atoms with van der Waals surface area (Å²) in [5, 5.41) is 3.26. The van der Waals surface area contributed by atoms with E-state index in [0.717, 1.165) is 25.3 Å². The molecule has 1 amide bonds. The van der Waals surface area contributed by atoms with Crippen LogP contribution in [0, 0.1) is 5.41 Å². The van der Waals surface area contributed by atoms with E-state index < -0.39 is 0 Å². The first-order valence-corrected chi connectivity index (χ1v) is 8.21. The van der Waals surface area contributed by atoms with Gasteiger partial charge in [0.2, 0.25) is 0 Å². The molecule has 21 heavy (non-hydrogen) atoms. The number of nitrogens with one attached hydrogen (secondary N) is 1. The Morgan fingerprint density at radius 3 is 2.67 bits per heavy atom. The Labute approximate surface area is 126 Å². The number of rotatable bonds is 3. The molecule has 1 saturated heterocycles. The molecule has 3 rings (SSSR count). The Balaban J connectivity index is 1.69. The number of hydrogen-bond acceptors (Lipinski definition) is 3. The number of anilines is 1. The van der Waals surface area contributed by atoms with Gasteiger partial charge in [-0.2, -0.15) is 0 Å². The third-order valence-electron chi connectivity index (χ3n) is 5.19. The number of likely N-dealkylation sites (tertiary alicyclic amines) is 1. The molecule has 2 heterocycles. The van der Waals surface area contributed by atoms with Gasteiger partial charge in [-0.3, -0.25) is 9.78 Å². The molecule has 1 aromatic rings. The summed E-state index contributed by atoms with van der Waals surface area (Å²) in [5.74, 6) is 0.131. The second kappa shape index (κ2) is 6.04. The third kappa shape index (κ3) is 2.89. The van der Waals surface area contributed by atoms with Crippen molar-refractivity contribution in [3.63, 3.8) is 0 Å². The first kappa shape index (κ1) is 14.4. The van der Waals surface area contributed by atoms with E-state index in [1.807, 2.05) is 17.9 Å². The highest BCUT2D eigenvalue weighted by Crippen LogP contribution is 2.46. The number of nitrogens with zero attached hydrogens (tertiary/aromatic N) is 2. The Morgan fingerprint density at radius 1 is 1.29 bits per heavy atom. The maximum Gasteiger partial charge on any atom is 0.257 e. The molecule has 1 aromatic heterocycles. The SMILES string of the molecule is CCNc1ccncc1C(=O)N1CCC2(CCCC2)CC1. The van der Waals surface area contributed by atoms with Crippen molar-refractivity contribution in [1.82, 2.24) is 9.88 Å². The number of carbonyl (C=O) groups is 1. The zero-order chi connectivity index (χ0) is 14.7. The highest BCUT2D eigenvalue weighted by molar-refractivity contribution is 5.99. The molecule has 2 aliphatic rings. The largest absolute Gasteiger partial charge is 0.385 e. The maximum atomic E-state index is 12.7. The minimum Gasteiger partial charge on any atom is -0.385 e. The van der Waals surface area contributed by atoms with Crippen LogP contribution in [-0.4, -0.2) is 35.4 Å². The van der Waals surface area contributed by atoms with Crippen molar-refractivity contribution in [3.05, 3.63) is 24.0 Å². The lowest BCUT2D eigenvalue weighted by molar-refractivity contribution is 0.0588. The van der Waals surface area contributed by atoms with Crippen LogP contribution in [0.5, 0.6) is 0 Å². The summed E-state index contributed by atoms with van der Waals surface area (Å²) in [7, 11) is 0. The third-order valence-corrected chi connectivity index (χ3v) is 5.19. The Kier molecular flexibility index (Phi) is 4.13. The highest BCUT2D eigenvalue weighted by atomic mass is 16.2. The lowest BCUT2D eigenvalue weighted by Gasteiger charge is -2.39. The lowest BCUT2D eigenvalue weighted by Crippen LogP contribution is -2.42. The quantitative estimate of drug-likeness (QED) is 0.927. The van der Waals surface area contributed by atoms with E-state index in [9.17, 15) is 4.79 Å². The van der Waals surface area contributed by atoms with E-state index in [0.29, 0.717) is 11.0 Å². The van der Waals surface area contributed by atoms with Gasteiger partial charge >= 0.3 is 0 Å². The highest BCUT2D eigenvalue weighted by Gasteiger charge is 2.38. The van der Waals surface area contributed by atoms with Gasteiger partial charge in [0.1, 0.15) is 0 Å². The molecule has 1 N–H and O–H groups in total. The van der Waals surface area contributed by atoms with Crippen LogP contribution in [0.15, 0.2) is 18.5 Å². The summed E-state index contributed by atoms with van der Waals surface area (Å²) in [6, 6.07) is 1.89. The monoisotopic (exact) mass is 287 g/mol. The molecule has 4 heteroatoms. The van der Waals surface area contributed by atoms with Crippen LogP contribution >= 0.6 is 0 Å². The summed E-state index contributed by atoms with van der Waals surface area (Å²) in [4.78, 5) is 18.9. The van der Waals surface area contributed by atoms with Gasteiger partial charge in [0.25, 0.3) is 5.91 Å². The number of pyridine rings is 1. The predicted octanol–water partition coefficient (Wildman–Crippen LogP) is 3.31. The molecule has 0 unspecified atom stereocenters. The second-order valence-electron chi connectivity index (χ2n) is 6.45. The smallest absolute Gasteiger partial charge is 0.257 e. The standard InChI is InChI=1S/C17H25N3O/c1-2-19-15-5-10-18-13-14(15)16(21)20-11-8-17(9-12-20)6-3-4-7-17/h5,10,13H,2-4,6-9,11-12H2,1H3,(H,18,19). The van der Waals surface area contributed by atoms with E-state index >= 15 is 0 Å². The average Bonchev–Trinajstić information content (AvgIpc) is 2.97. The fourth-order valence-corrected chi connectivity index (χ4v) is 3.89. The van der Waals surface area contributed by atoms with Crippen LogP contribution in [0.25, 0.3) is 0 Å². The zero-order valence-corrected chi connectivity index (χ0v) is 12.9. The molecule has 0 radical (unpaired) electrons. The summed E-state index contributed by atoms with van der Waals surface area (Å²) in [6.07, 6.45) is 11.3. The van der Waals surface area contributed by atoms with Gasteiger partial charge < -0.3 is 10.2 Å². The number of piperidine rings is 1. The molecule has 4 nitrogen and oxygen atoms in total. The van der Waals surface area contributed by atoms with Crippen molar-refractivity contribution in [3.8, 4) is 0 Å². The molecule has 0 aromatic carbocycles. The maximum absolute atomic E-state index is 12.7. The van der Waals surface area contributed by atoms with Crippen molar-refractivity contribution in [1.29, 1.82) is 0 Å². The Morgan fingerprint density at radius 2 is 2.00 bits per heavy atom. The van der Waals surface area contributed by atoms with E-state index in [2.05, 4.69) is 10.3 Å². The minimum atomic E-state index is 0.131. The number of hydrogen-bond donors (Lipinski definition) is 1. The first-order valence-electron chi connectivity index (χ1n) is 8.21. The van der Waals surface area contributed by atoms with Crippen molar-refractivity contribution >= 4 is 11.6 Å². The van der Waals surface area contributed by atoms with Gasteiger partial charge in [0.15, 0.2) is 0 Å². The Hall–Kier alpha value is -1.58. The van der Waals surface area contributed by atoms with Crippen LogP contribution in [0.3, 0.4) is 0 Å². The summed E-state index contributed by atoms with van der Waals surface area (Å²) in [5.41, 5.74) is 2.16. The second-order valence-corrected chi connectivity index (χ2v) is 6.45. The number of amides is 1. The summed E-state index contributed by atoms with van der Waals surface area (Å²) >= 11 is 0. The van der Waals surface area contributed by atoms with E-state index in [1.165, 1.54) is 38.5 Å². The molecule has 1 saturated carbocycles. The molecular formula is C17H25N3O. The van der Waals surface area contributed by atoms with Crippen molar-refractivity contribution in [2.24, 2.45) is 5.41 Å². The first-order chi connectivity index (χ1) is 10.2. The predicted molar refractivity (Wildman–Crippen MR) is 84.4 cm³/mol. The lowest BCUT2D eigenvalue weighted by atomic mass is 9.77. The molecule has 0 atom stereocenters. The van der Waals surface area contributed by atoms with Gasteiger partial charge in [-0.05, 0) is 44.1 Å². The van der Waals surface area contributed by atoms with Crippen LogP contribution in [0.4, 0.5) is 5.69 Å². The average molecular weight is 287 g/mol. The van der Waals surface area contributed by atoms with Crippen molar-refractivity contribution in [2.75, 3.05) is 25.0 Å². The minimum absolute atomic E-state index is 0.131. The fraction of sp³-hybridized carbons (Fsp3) is 0.647. The molecule has 114 valence electrons. The van der Waals surface area contributed by atoms with E-state index in [1.54, 1.807) is 12.4 Å². The van der Waals surface area contributed by atoms with Gasteiger partial charge in [0, 0.05) is 32.0 Å². The number of aromatic nitrogens is 1. The molecule has 0 bridgehead atoms. The molecule has 1 spiro atoms.